The maximum absolute atomic E-state index is 12.6. The zero-order chi connectivity index (χ0) is 20.3. The molecule has 0 fully saturated rings. The number of amides is 2. The van der Waals surface area contributed by atoms with Crippen molar-refractivity contribution in [3.63, 3.8) is 0 Å². The summed E-state index contributed by atoms with van der Waals surface area (Å²) in [5.74, 6) is -0.583. The van der Waals surface area contributed by atoms with Crippen LogP contribution in [0.25, 0.3) is 10.9 Å². The monoisotopic (exact) mass is 399 g/mol. The van der Waals surface area contributed by atoms with Crippen molar-refractivity contribution in [2.75, 3.05) is 0 Å². The van der Waals surface area contributed by atoms with Crippen LogP contribution in [0.2, 0.25) is 0 Å². The van der Waals surface area contributed by atoms with Gasteiger partial charge in [-0.15, -0.1) is 11.3 Å². The summed E-state index contributed by atoms with van der Waals surface area (Å²) in [4.78, 5) is 32.0. The molecule has 0 spiro atoms. The molecule has 2 amide bonds. The Labute approximate surface area is 167 Å². The quantitative estimate of drug-likeness (QED) is 0.464. The summed E-state index contributed by atoms with van der Waals surface area (Å²) in [5, 5.41) is 6.08. The van der Waals surface area contributed by atoms with Gasteiger partial charge in [-0.25, -0.2) is 4.98 Å². The number of carbonyl (C=O) groups excluding carboxylic acids is 2. The number of hydrogen-bond donors (Lipinski definition) is 4. The number of carbonyl (C=O) groups is 2. The molecule has 0 aliphatic heterocycles. The number of para-hydroxylation sites is 1. The Kier molecular flexibility index (Phi) is 6.11. The predicted octanol–water partition coefficient (Wildman–Crippen LogP) is 2.50. The Morgan fingerprint density at radius 2 is 2.04 bits per heavy atom. The van der Waals surface area contributed by atoms with Crippen LogP contribution in [0.5, 0.6) is 0 Å². The lowest BCUT2D eigenvalue weighted by Gasteiger charge is -2.14. The van der Waals surface area contributed by atoms with Crippen LogP contribution in [-0.2, 0) is 11.2 Å². The summed E-state index contributed by atoms with van der Waals surface area (Å²) >= 11 is 1.35. The van der Waals surface area contributed by atoms with Gasteiger partial charge >= 0.3 is 0 Å². The third kappa shape index (κ3) is 4.58. The molecule has 2 atom stereocenters. The molecule has 2 aromatic heterocycles. The second-order valence-electron chi connectivity index (χ2n) is 7.30. The molecule has 1 aromatic carbocycles. The molecule has 0 saturated heterocycles. The molecule has 0 aliphatic carbocycles. The van der Waals surface area contributed by atoms with Crippen molar-refractivity contribution in [1.82, 2.24) is 15.3 Å². The maximum Gasteiger partial charge on any atom is 0.271 e. The molecule has 8 heteroatoms. The van der Waals surface area contributed by atoms with Gasteiger partial charge in [0.2, 0.25) is 5.91 Å². The molecule has 148 valence electrons. The van der Waals surface area contributed by atoms with E-state index in [0.717, 1.165) is 22.9 Å². The molecule has 2 unspecified atom stereocenters. The van der Waals surface area contributed by atoms with Gasteiger partial charge in [-0.1, -0.05) is 32.0 Å². The molecule has 3 aromatic rings. The van der Waals surface area contributed by atoms with Crippen LogP contribution in [0, 0.1) is 5.92 Å². The van der Waals surface area contributed by atoms with Crippen molar-refractivity contribution in [3.05, 3.63) is 52.1 Å². The van der Waals surface area contributed by atoms with Crippen LogP contribution < -0.4 is 16.8 Å². The van der Waals surface area contributed by atoms with Crippen molar-refractivity contribution < 1.29 is 9.59 Å². The zero-order valence-corrected chi connectivity index (χ0v) is 16.8. The minimum Gasteiger partial charge on any atom is -0.368 e. The molecule has 0 saturated carbocycles. The van der Waals surface area contributed by atoms with E-state index in [-0.39, 0.29) is 11.7 Å². The first-order valence-corrected chi connectivity index (χ1v) is 10.1. The number of thiazole rings is 1. The summed E-state index contributed by atoms with van der Waals surface area (Å²) in [6.45, 7) is 4.17. The van der Waals surface area contributed by atoms with Crippen LogP contribution in [0.3, 0.4) is 0 Å². The molecule has 3 rings (SSSR count). The summed E-state index contributed by atoms with van der Waals surface area (Å²) in [5.41, 5.74) is 13.8. The Morgan fingerprint density at radius 3 is 2.75 bits per heavy atom. The molecular formula is C20H25N5O2S. The fraction of sp³-hybridized carbons (Fsp3) is 0.350. The first-order valence-electron chi connectivity index (χ1n) is 9.21. The normalized spacial score (nSPS) is 13.6. The van der Waals surface area contributed by atoms with Crippen LogP contribution in [-0.4, -0.2) is 27.8 Å². The number of nitrogens with one attached hydrogen (secondary N) is 2. The van der Waals surface area contributed by atoms with Crippen molar-refractivity contribution >= 4 is 34.1 Å². The molecule has 7 nitrogen and oxygen atoms in total. The molecule has 2 heterocycles. The lowest BCUT2D eigenvalue weighted by atomic mass is 10.0. The number of H-pyrrole nitrogens is 1. The minimum absolute atomic E-state index is 0.204. The molecular weight excluding hydrogens is 374 g/mol. The zero-order valence-electron chi connectivity index (χ0n) is 15.9. The van der Waals surface area contributed by atoms with Gasteiger partial charge in [0.15, 0.2) is 0 Å². The third-order valence-electron chi connectivity index (χ3n) is 4.54. The van der Waals surface area contributed by atoms with Gasteiger partial charge in [0.25, 0.3) is 5.91 Å². The Hall–Kier alpha value is -2.71. The number of hydrogen-bond acceptors (Lipinski definition) is 5. The van der Waals surface area contributed by atoms with Crippen molar-refractivity contribution in [2.45, 2.75) is 38.8 Å². The SMILES string of the molecule is CC(C)CC(N)c1nc(C(=O)NC(Cc2c[nH]c3ccccc23)C(N)=O)cs1. The molecule has 6 N–H and O–H groups in total. The van der Waals surface area contributed by atoms with E-state index in [0.29, 0.717) is 17.3 Å². The average Bonchev–Trinajstić information content (AvgIpc) is 3.28. The minimum atomic E-state index is -0.832. The maximum atomic E-state index is 12.6. The number of nitrogens with zero attached hydrogens (tertiary/aromatic N) is 1. The Balaban J connectivity index is 1.71. The predicted molar refractivity (Wildman–Crippen MR) is 111 cm³/mol. The number of rotatable bonds is 8. The molecule has 0 aliphatic rings. The average molecular weight is 400 g/mol. The van der Waals surface area contributed by atoms with Crippen molar-refractivity contribution in [3.8, 4) is 0 Å². The van der Waals surface area contributed by atoms with E-state index < -0.39 is 17.9 Å². The fourth-order valence-corrected chi connectivity index (χ4v) is 3.96. The van der Waals surface area contributed by atoms with E-state index in [4.69, 9.17) is 11.5 Å². The van der Waals surface area contributed by atoms with Crippen LogP contribution in [0.1, 0.15) is 47.4 Å². The Morgan fingerprint density at radius 1 is 1.29 bits per heavy atom. The highest BCUT2D eigenvalue weighted by molar-refractivity contribution is 7.09. The number of nitrogens with two attached hydrogens (primary N) is 2. The van der Waals surface area contributed by atoms with E-state index in [1.54, 1.807) is 5.38 Å². The highest BCUT2D eigenvalue weighted by Crippen LogP contribution is 2.23. The lowest BCUT2D eigenvalue weighted by Crippen LogP contribution is -2.46. The molecule has 0 bridgehead atoms. The second kappa shape index (κ2) is 8.53. The first kappa shape index (κ1) is 20.0. The second-order valence-corrected chi connectivity index (χ2v) is 8.19. The fourth-order valence-electron chi connectivity index (χ4n) is 3.15. The summed E-state index contributed by atoms with van der Waals surface area (Å²) in [6.07, 6.45) is 2.92. The van der Waals surface area contributed by atoms with Crippen LogP contribution >= 0.6 is 11.3 Å². The summed E-state index contributed by atoms with van der Waals surface area (Å²) in [7, 11) is 0. The highest BCUT2D eigenvalue weighted by Gasteiger charge is 2.23. The summed E-state index contributed by atoms with van der Waals surface area (Å²) in [6, 6.07) is 6.73. The van der Waals surface area contributed by atoms with Crippen molar-refractivity contribution in [1.29, 1.82) is 0 Å². The third-order valence-corrected chi connectivity index (χ3v) is 5.52. The van der Waals surface area contributed by atoms with Gasteiger partial charge in [-0.2, -0.15) is 0 Å². The standard InChI is InChI=1S/C20H25N5O2S/c1-11(2)7-14(21)20-25-17(10-28-20)19(27)24-16(18(22)26)8-12-9-23-15-6-4-3-5-13(12)15/h3-6,9-11,14,16,23H,7-8,21H2,1-2H3,(H2,22,26)(H,24,27). The topological polar surface area (TPSA) is 127 Å². The van der Waals surface area contributed by atoms with Gasteiger partial charge in [-0.3, -0.25) is 9.59 Å². The molecule has 28 heavy (non-hydrogen) atoms. The van der Waals surface area contributed by atoms with E-state index in [2.05, 4.69) is 29.1 Å². The largest absolute Gasteiger partial charge is 0.368 e. The Bertz CT molecular complexity index is 978. The van der Waals surface area contributed by atoms with Gasteiger partial charge in [0.1, 0.15) is 16.7 Å². The van der Waals surface area contributed by atoms with Gasteiger partial charge < -0.3 is 21.8 Å². The smallest absolute Gasteiger partial charge is 0.271 e. The number of fused-ring (bicyclic) bond motifs is 1. The lowest BCUT2D eigenvalue weighted by molar-refractivity contribution is -0.119. The van der Waals surface area contributed by atoms with Gasteiger partial charge in [-0.05, 0) is 24.0 Å². The number of aromatic amines is 1. The number of aromatic nitrogens is 2. The highest BCUT2D eigenvalue weighted by atomic mass is 32.1. The summed E-state index contributed by atoms with van der Waals surface area (Å²) < 4.78 is 0. The van der Waals surface area contributed by atoms with Gasteiger partial charge in [0.05, 0.1) is 6.04 Å². The van der Waals surface area contributed by atoms with Gasteiger partial charge in [0, 0.05) is 28.9 Å². The van der Waals surface area contributed by atoms with E-state index in [1.165, 1.54) is 11.3 Å². The van der Waals surface area contributed by atoms with Crippen LogP contribution in [0.15, 0.2) is 35.8 Å². The van der Waals surface area contributed by atoms with Crippen LogP contribution in [0.4, 0.5) is 0 Å². The van der Waals surface area contributed by atoms with E-state index in [9.17, 15) is 9.59 Å². The van der Waals surface area contributed by atoms with E-state index in [1.807, 2.05) is 30.5 Å². The first-order chi connectivity index (χ1) is 13.3. The molecule has 0 radical (unpaired) electrons. The van der Waals surface area contributed by atoms with E-state index >= 15 is 0 Å². The number of benzene rings is 1. The van der Waals surface area contributed by atoms with Crippen molar-refractivity contribution in [2.24, 2.45) is 17.4 Å². The number of primary amides is 1.